The first-order chi connectivity index (χ1) is 10.3. The largest absolute Gasteiger partial charge is 0.380 e. The fourth-order valence-electron chi connectivity index (χ4n) is 1.74. The number of hydrogen-bond donors (Lipinski definition) is 2. The number of aliphatic imine (C=N–C) groups is 1. The van der Waals surface area contributed by atoms with Crippen molar-refractivity contribution in [3.63, 3.8) is 0 Å². The predicted octanol–water partition coefficient (Wildman–Crippen LogP) is 2.70. The van der Waals surface area contributed by atoms with Gasteiger partial charge in [0, 0.05) is 19.7 Å². The van der Waals surface area contributed by atoms with E-state index in [0.29, 0.717) is 19.7 Å². The first kappa shape index (κ1) is 17.4. The van der Waals surface area contributed by atoms with Gasteiger partial charge in [0.15, 0.2) is 5.96 Å². The van der Waals surface area contributed by atoms with Crippen LogP contribution in [-0.4, -0.2) is 32.3 Å². The lowest BCUT2D eigenvalue weighted by atomic mass is 10.2. The molecular weight excluding hydrogens is 269 g/mol. The number of guanidine groups is 1. The Labute approximate surface area is 126 Å². The van der Waals surface area contributed by atoms with E-state index in [2.05, 4.69) is 22.5 Å². The van der Waals surface area contributed by atoms with E-state index in [-0.39, 0.29) is 5.82 Å². The highest BCUT2D eigenvalue weighted by atomic mass is 19.1. The number of rotatable bonds is 9. The van der Waals surface area contributed by atoms with Crippen molar-refractivity contribution in [3.8, 4) is 0 Å². The zero-order chi connectivity index (χ0) is 15.3. The van der Waals surface area contributed by atoms with Gasteiger partial charge in [0.2, 0.25) is 0 Å². The molecule has 0 aromatic heterocycles. The molecule has 0 fully saturated rings. The molecule has 0 amide bonds. The van der Waals surface area contributed by atoms with Crippen LogP contribution in [0.1, 0.15) is 32.3 Å². The molecule has 0 heterocycles. The monoisotopic (exact) mass is 295 g/mol. The predicted molar refractivity (Wildman–Crippen MR) is 84.9 cm³/mol. The molecule has 0 spiro atoms. The van der Waals surface area contributed by atoms with Crippen LogP contribution in [0.15, 0.2) is 29.3 Å². The van der Waals surface area contributed by atoms with Gasteiger partial charge in [-0.25, -0.2) is 9.38 Å². The van der Waals surface area contributed by atoms with Gasteiger partial charge in [-0.2, -0.15) is 0 Å². The van der Waals surface area contributed by atoms with Crippen LogP contribution < -0.4 is 10.6 Å². The zero-order valence-corrected chi connectivity index (χ0v) is 13.0. The highest BCUT2D eigenvalue weighted by molar-refractivity contribution is 5.79. The summed E-state index contributed by atoms with van der Waals surface area (Å²) in [5.74, 6) is 0.492. The van der Waals surface area contributed by atoms with Crippen LogP contribution >= 0.6 is 0 Å². The molecular formula is C16H26FN3O. The summed E-state index contributed by atoms with van der Waals surface area (Å²) in [6, 6.07) is 6.50. The molecule has 0 atom stereocenters. The van der Waals surface area contributed by atoms with Crippen molar-refractivity contribution in [1.29, 1.82) is 0 Å². The second-order valence-corrected chi connectivity index (χ2v) is 4.72. The zero-order valence-electron chi connectivity index (χ0n) is 13.0. The fourth-order valence-corrected chi connectivity index (χ4v) is 1.74. The molecule has 0 saturated heterocycles. The van der Waals surface area contributed by atoms with Crippen molar-refractivity contribution in [2.24, 2.45) is 4.99 Å². The van der Waals surface area contributed by atoms with E-state index in [9.17, 15) is 4.39 Å². The molecule has 21 heavy (non-hydrogen) atoms. The molecule has 5 heteroatoms. The van der Waals surface area contributed by atoms with E-state index < -0.39 is 0 Å². The number of ether oxygens (including phenoxy) is 1. The van der Waals surface area contributed by atoms with Crippen LogP contribution in [-0.2, 0) is 11.3 Å². The molecule has 118 valence electrons. The Morgan fingerprint density at radius 3 is 2.81 bits per heavy atom. The molecule has 0 saturated carbocycles. The van der Waals surface area contributed by atoms with Crippen molar-refractivity contribution < 1.29 is 9.13 Å². The number of halogens is 1. The van der Waals surface area contributed by atoms with Gasteiger partial charge in [0.1, 0.15) is 5.82 Å². The standard InChI is InChI=1S/C16H26FN3O/c1-3-5-10-21-11-9-19-16(18-4-2)20-13-14-7-6-8-15(17)12-14/h6-8,12H,3-5,9-11,13H2,1-2H3,(H2,18,19,20). The van der Waals surface area contributed by atoms with Gasteiger partial charge < -0.3 is 15.4 Å². The number of benzene rings is 1. The summed E-state index contributed by atoms with van der Waals surface area (Å²) in [5.41, 5.74) is 0.853. The number of hydrogen-bond acceptors (Lipinski definition) is 2. The van der Waals surface area contributed by atoms with E-state index in [0.717, 1.165) is 37.5 Å². The van der Waals surface area contributed by atoms with E-state index in [1.54, 1.807) is 6.07 Å². The van der Waals surface area contributed by atoms with Gasteiger partial charge in [-0.15, -0.1) is 0 Å². The molecule has 0 radical (unpaired) electrons. The molecule has 0 unspecified atom stereocenters. The molecule has 1 rings (SSSR count). The van der Waals surface area contributed by atoms with Crippen LogP contribution in [0.25, 0.3) is 0 Å². The minimum absolute atomic E-state index is 0.231. The van der Waals surface area contributed by atoms with Crippen LogP contribution in [0.4, 0.5) is 4.39 Å². The third-order valence-electron chi connectivity index (χ3n) is 2.83. The summed E-state index contributed by atoms with van der Waals surface area (Å²) in [5, 5.41) is 6.36. The summed E-state index contributed by atoms with van der Waals surface area (Å²) in [4.78, 5) is 4.43. The van der Waals surface area contributed by atoms with Gasteiger partial charge in [-0.1, -0.05) is 25.5 Å². The first-order valence-electron chi connectivity index (χ1n) is 7.60. The molecule has 0 aliphatic carbocycles. The Hall–Kier alpha value is -1.62. The van der Waals surface area contributed by atoms with Crippen molar-refractivity contribution in [2.75, 3.05) is 26.3 Å². The Morgan fingerprint density at radius 2 is 2.10 bits per heavy atom. The van der Waals surface area contributed by atoms with Crippen molar-refractivity contribution in [2.45, 2.75) is 33.2 Å². The highest BCUT2D eigenvalue weighted by Crippen LogP contribution is 2.04. The van der Waals surface area contributed by atoms with E-state index in [4.69, 9.17) is 4.74 Å². The quantitative estimate of drug-likeness (QED) is 0.418. The average molecular weight is 295 g/mol. The van der Waals surface area contributed by atoms with Gasteiger partial charge >= 0.3 is 0 Å². The minimum atomic E-state index is -0.231. The molecule has 0 bridgehead atoms. The van der Waals surface area contributed by atoms with Crippen LogP contribution in [0, 0.1) is 5.82 Å². The molecule has 1 aromatic carbocycles. The molecule has 2 N–H and O–H groups in total. The van der Waals surface area contributed by atoms with Crippen LogP contribution in [0.3, 0.4) is 0 Å². The van der Waals surface area contributed by atoms with E-state index >= 15 is 0 Å². The summed E-state index contributed by atoms with van der Waals surface area (Å²) < 4.78 is 18.6. The van der Waals surface area contributed by atoms with Crippen LogP contribution in [0.2, 0.25) is 0 Å². The van der Waals surface area contributed by atoms with Crippen molar-refractivity contribution in [3.05, 3.63) is 35.6 Å². The number of nitrogens with one attached hydrogen (secondary N) is 2. The Kier molecular flexibility index (Phi) is 9.20. The molecule has 4 nitrogen and oxygen atoms in total. The summed E-state index contributed by atoms with van der Waals surface area (Å²) in [6.07, 6.45) is 2.24. The molecule has 1 aromatic rings. The molecule has 0 aliphatic rings. The Morgan fingerprint density at radius 1 is 1.24 bits per heavy atom. The van der Waals surface area contributed by atoms with Crippen LogP contribution in [0.5, 0.6) is 0 Å². The smallest absolute Gasteiger partial charge is 0.191 e. The fraction of sp³-hybridized carbons (Fsp3) is 0.562. The summed E-state index contributed by atoms with van der Waals surface area (Å²) in [7, 11) is 0. The van der Waals surface area contributed by atoms with Crippen molar-refractivity contribution in [1.82, 2.24) is 10.6 Å². The third-order valence-corrected chi connectivity index (χ3v) is 2.83. The minimum Gasteiger partial charge on any atom is -0.380 e. The Balaban J connectivity index is 2.35. The number of unbranched alkanes of at least 4 members (excludes halogenated alkanes) is 1. The van der Waals surface area contributed by atoms with Crippen molar-refractivity contribution >= 4 is 5.96 Å². The van der Waals surface area contributed by atoms with Gasteiger partial charge in [-0.3, -0.25) is 0 Å². The lowest BCUT2D eigenvalue weighted by molar-refractivity contribution is 0.136. The third kappa shape index (κ3) is 8.30. The maximum Gasteiger partial charge on any atom is 0.191 e. The summed E-state index contributed by atoms with van der Waals surface area (Å²) >= 11 is 0. The topological polar surface area (TPSA) is 45.6 Å². The lowest BCUT2D eigenvalue weighted by Gasteiger charge is -2.11. The maximum absolute atomic E-state index is 13.1. The van der Waals surface area contributed by atoms with E-state index in [1.807, 2.05) is 13.0 Å². The van der Waals surface area contributed by atoms with Gasteiger partial charge in [-0.05, 0) is 31.0 Å². The second-order valence-electron chi connectivity index (χ2n) is 4.72. The summed E-state index contributed by atoms with van der Waals surface area (Å²) in [6.45, 7) is 7.55. The first-order valence-corrected chi connectivity index (χ1v) is 7.60. The second kappa shape index (κ2) is 11.1. The molecule has 0 aliphatic heterocycles. The normalized spacial score (nSPS) is 11.5. The number of nitrogens with zero attached hydrogens (tertiary/aromatic N) is 1. The lowest BCUT2D eigenvalue weighted by Crippen LogP contribution is -2.39. The van der Waals surface area contributed by atoms with Gasteiger partial charge in [0.25, 0.3) is 0 Å². The SMILES string of the molecule is CCCCOCCNC(=NCc1cccc(F)c1)NCC. The maximum atomic E-state index is 13.1. The van der Waals surface area contributed by atoms with Gasteiger partial charge in [0.05, 0.1) is 13.2 Å². The van der Waals surface area contributed by atoms with E-state index in [1.165, 1.54) is 12.1 Å². The highest BCUT2D eigenvalue weighted by Gasteiger charge is 1.98. The average Bonchev–Trinajstić information content (AvgIpc) is 2.48. The Bertz CT molecular complexity index is 424.